The second-order valence-corrected chi connectivity index (χ2v) is 6.75. The standard InChI is InChI=1S/C15H9BrN2OS2/c16-11-6-1-2-7-12(11)18-14(19)13(21-15(18)20)9-10-5-3-4-8-17-10/h1-9H. The number of para-hydroxylation sites is 1. The molecular weight excluding hydrogens is 368 g/mol. The Morgan fingerprint density at radius 1 is 1.19 bits per heavy atom. The van der Waals surface area contributed by atoms with E-state index in [1.807, 2.05) is 42.5 Å². The molecule has 3 rings (SSSR count). The summed E-state index contributed by atoms with van der Waals surface area (Å²) in [5.74, 6) is -0.123. The van der Waals surface area contributed by atoms with Gasteiger partial charge < -0.3 is 0 Å². The van der Waals surface area contributed by atoms with Gasteiger partial charge in [-0.1, -0.05) is 42.2 Å². The first kappa shape index (κ1) is 14.4. The lowest BCUT2D eigenvalue weighted by atomic mass is 10.2. The maximum Gasteiger partial charge on any atom is 0.270 e. The summed E-state index contributed by atoms with van der Waals surface area (Å²) in [7, 11) is 0. The van der Waals surface area contributed by atoms with Gasteiger partial charge in [0, 0.05) is 10.7 Å². The van der Waals surface area contributed by atoms with Gasteiger partial charge in [-0.15, -0.1) is 0 Å². The predicted octanol–water partition coefficient (Wildman–Crippen LogP) is 4.25. The van der Waals surface area contributed by atoms with Crippen LogP contribution in [0, 0.1) is 0 Å². The number of aromatic nitrogens is 1. The van der Waals surface area contributed by atoms with E-state index in [0.29, 0.717) is 9.23 Å². The molecule has 1 fully saturated rings. The summed E-state index contributed by atoms with van der Waals surface area (Å²) in [5.41, 5.74) is 1.49. The van der Waals surface area contributed by atoms with Crippen molar-refractivity contribution >= 4 is 61.9 Å². The third-order valence-corrected chi connectivity index (χ3v) is 4.83. The van der Waals surface area contributed by atoms with E-state index in [9.17, 15) is 4.79 Å². The zero-order valence-electron chi connectivity index (χ0n) is 10.7. The number of hydrogen-bond acceptors (Lipinski definition) is 4. The van der Waals surface area contributed by atoms with E-state index in [4.69, 9.17) is 12.2 Å². The first-order valence-electron chi connectivity index (χ1n) is 6.10. The lowest BCUT2D eigenvalue weighted by molar-refractivity contribution is -0.113. The number of anilines is 1. The van der Waals surface area contributed by atoms with Crippen LogP contribution in [-0.2, 0) is 4.79 Å². The van der Waals surface area contributed by atoms with Gasteiger partial charge in [-0.25, -0.2) is 0 Å². The molecule has 104 valence electrons. The van der Waals surface area contributed by atoms with Crippen LogP contribution >= 0.6 is 39.9 Å². The molecule has 0 atom stereocenters. The molecule has 1 aliphatic heterocycles. The second kappa shape index (κ2) is 6.09. The molecule has 1 amide bonds. The van der Waals surface area contributed by atoms with Gasteiger partial charge in [0.05, 0.1) is 16.3 Å². The second-order valence-electron chi connectivity index (χ2n) is 4.22. The van der Waals surface area contributed by atoms with Crippen molar-refractivity contribution in [3.05, 3.63) is 63.7 Å². The molecule has 0 unspecified atom stereocenters. The van der Waals surface area contributed by atoms with Gasteiger partial charge in [0.15, 0.2) is 4.32 Å². The normalized spacial score (nSPS) is 16.8. The summed E-state index contributed by atoms with van der Waals surface area (Å²) in [5, 5.41) is 0. The van der Waals surface area contributed by atoms with Crippen molar-refractivity contribution in [3.8, 4) is 0 Å². The van der Waals surface area contributed by atoms with Gasteiger partial charge in [0.1, 0.15) is 0 Å². The Morgan fingerprint density at radius 2 is 1.95 bits per heavy atom. The Hall–Kier alpha value is -1.50. The highest BCUT2D eigenvalue weighted by atomic mass is 79.9. The molecule has 0 N–H and O–H groups in total. The molecule has 2 aromatic rings. The zero-order valence-corrected chi connectivity index (χ0v) is 13.9. The minimum atomic E-state index is -0.123. The Kier molecular flexibility index (Phi) is 4.19. The topological polar surface area (TPSA) is 33.2 Å². The maximum absolute atomic E-state index is 12.6. The van der Waals surface area contributed by atoms with Crippen molar-refractivity contribution in [2.75, 3.05) is 4.90 Å². The number of amides is 1. The fourth-order valence-corrected chi connectivity index (χ4v) is 3.64. The van der Waals surface area contributed by atoms with Crippen LogP contribution in [0.3, 0.4) is 0 Å². The fourth-order valence-electron chi connectivity index (χ4n) is 1.90. The van der Waals surface area contributed by atoms with E-state index >= 15 is 0 Å². The molecule has 21 heavy (non-hydrogen) atoms. The molecule has 0 aliphatic carbocycles. The minimum Gasteiger partial charge on any atom is -0.268 e. The average molecular weight is 377 g/mol. The Morgan fingerprint density at radius 3 is 2.67 bits per heavy atom. The van der Waals surface area contributed by atoms with E-state index < -0.39 is 0 Å². The summed E-state index contributed by atoms with van der Waals surface area (Å²) in [4.78, 5) is 18.9. The molecule has 2 heterocycles. The predicted molar refractivity (Wildman–Crippen MR) is 94.0 cm³/mol. The third-order valence-electron chi connectivity index (χ3n) is 2.85. The summed E-state index contributed by atoms with van der Waals surface area (Å²) in [6.45, 7) is 0. The van der Waals surface area contributed by atoms with Crippen molar-refractivity contribution in [2.45, 2.75) is 0 Å². The van der Waals surface area contributed by atoms with Crippen LogP contribution < -0.4 is 4.90 Å². The molecule has 0 bridgehead atoms. The van der Waals surface area contributed by atoms with Gasteiger partial charge >= 0.3 is 0 Å². The molecule has 1 aromatic carbocycles. The number of pyridine rings is 1. The van der Waals surface area contributed by atoms with Gasteiger partial charge in [0.2, 0.25) is 0 Å². The van der Waals surface area contributed by atoms with Crippen LogP contribution in [0.2, 0.25) is 0 Å². The molecule has 1 aliphatic rings. The van der Waals surface area contributed by atoms with Crippen LogP contribution in [0.15, 0.2) is 58.0 Å². The van der Waals surface area contributed by atoms with Crippen molar-refractivity contribution < 1.29 is 4.79 Å². The first-order valence-corrected chi connectivity index (χ1v) is 8.12. The van der Waals surface area contributed by atoms with E-state index in [0.717, 1.165) is 15.9 Å². The molecule has 0 radical (unpaired) electrons. The average Bonchev–Trinajstić information content (AvgIpc) is 2.76. The van der Waals surface area contributed by atoms with Gasteiger partial charge in [-0.3, -0.25) is 14.7 Å². The van der Waals surface area contributed by atoms with Crippen molar-refractivity contribution in [2.24, 2.45) is 0 Å². The molecule has 0 saturated carbocycles. The Balaban J connectivity index is 1.97. The van der Waals surface area contributed by atoms with Crippen molar-refractivity contribution in [1.82, 2.24) is 4.98 Å². The smallest absolute Gasteiger partial charge is 0.268 e. The number of hydrogen-bond donors (Lipinski definition) is 0. The number of carbonyl (C=O) groups is 1. The Bertz CT molecular complexity index is 746. The van der Waals surface area contributed by atoms with Gasteiger partial charge in [-0.05, 0) is 46.3 Å². The molecule has 1 saturated heterocycles. The summed E-state index contributed by atoms with van der Waals surface area (Å²) < 4.78 is 1.36. The molecule has 3 nitrogen and oxygen atoms in total. The monoisotopic (exact) mass is 376 g/mol. The number of halogens is 1. The van der Waals surface area contributed by atoms with Gasteiger partial charge in [-0.2, -0.15) is 0 Å². The maximum atomic E-state index is 12.6. The van der Waals surface area contributed by atoms with Crippen molar-refractivity contribution in [3.63, 3.8) is 0 Å². The first-order chi connectivity index (χ1) is 10.2. The number of carbonyl (C=O) groups excluding carboxylic acids is 1. The largest absolute Gasteiger partial charge is 0.270 e. The lowest BCUT2D eigenvalue weighted by Crippen LogP contribution is -2.27. The van der Waals surface area contributed by atoms with E-state index in [-0.39, 0.29) is 5.91 Å². The third kappa shape index (κ3) is 2.92. The highest BCUT2D eigenvalue weighted by Crippen LogP contribution is 2.38. The SMILES string of the molecule is O=C1C(=Cc2ccccn2)SC(=S)N1c1ccccc1Br. The number of benzene rings is 1. The summed E-state index contributed by atoms with van der Waals surface area (Å²) >= 11 is 10.1. The van der Waals surface area contributed by atoms with Crippen molar-refractivity contribution in [1.29, 1.82) is 0 Å². The number of nitrogens with zero attached hydrogens (tertiary/aromatic N) is 2. The number of thioether (sulfide) groups is 1. The fraction of sp³-hybridized carbons (Fsp3) is 0. The molecule has 6 heteroatoms. The van der Waals surface area contributed by atoms with E-state index in [2.05, 4.69) is 20.9 Å². The molecule has 0 spiro atoms. The zero-order chi connectivity index (χ0) is 14.8. The Labute approximate surface area is 140 Å². The molecular formula is C15H9BrN2OS2. The van der Waals surface area contributed by atoms with Crippen LogP contribution in [0.4, 0.5) is 5.69 Å². The quantitative estimate of drug-likeness (QED) is 0.579. The van der Waals surface area contributed by atoms with Crippen LogP contribution in [0.5, 0.6) is 0 Å². The number of rotatable bonds is 2. The van der Waals surface area contributed by atoms with Crippen LogP contribution in [0.25, 0.3) is 6.08 Å². The van der Waals surface area contributed by atoms with Gasteiger partial charge in [0.25, 0.3) is 5.91 Å². The number of thiocarbonyl (C=S) groups is 1. The minimum absolute atomic E-state index is 0.123. The van der Waals surface area contributed by atoms with E-state index in [1.54, 1.807) is 17.2 Å². The van der Waals surface area contributed by atoms with Crippen LogP contribution in [-0.4, -0.2) is 15.2 Å². The summed E-state index contributed by atoms with van der Waals surface area (Å²) in [6.07, 6.45) is 3.45. The molecule has 1 aromatic heterocycles. The van der Waals surface area contributed by atoms with E-state index in [1.165, 1.54) is 11.8 Å². The summed E-state index contributed by atoms with van der Waals surface area (Å²) in [6, 6.07) is 13.1. The lowest BCUT2D eigenvalue weighted by Gasteiger charge is -2.15. The highest BCUT2D eigenvalue weighted by Gasteiger charge is 2.34. The van der Waals surface area contributed by atoms with Crippen LogP contribution in [0.1, 0.15) is 5.69 Å². The highest BCUT2D eigenvalue weighted by molar-refractivity contribution is 9.10.